The van der Waals surface area contributed by atoms with E-state index in [1.807, 2.05) is 0 Å². The van der Waals surface area contributed by atoms with Gasteiger partial charge < -0.3 is 9.47 Å². The van der Waals surface area contributed by atoms with Crippen LogP contribution >= 0.6 is 0 Å². The van der Waals surface area contributed by atoms with Crippen molar-refractivity contribution in [2.75, 3.05) is 7.11 Å². The zero-order valence-electron chi connectivity index (χ0n) is 12.8. The van der Waals surface area contributed by atoms with E-state index in [-0.39, 0.29) is 33.0 Å². The van der Waals surface area contributed by atoms with Crippen LogP contribution in [0.15, 0.2) is 36.6 Å². The number of allylic oxidation sites excluding steroid dienone is 1. The SMILES string of the molecule is CC=COc1cc2ccc3cc(OC)c(F)c(F)c3c2c(F)c1F. The Morgan fingerprint density at radius 1 is 0.792 bits per heavy atom. The molecule has 0 saturated heterocycles. The van der Waals surface area contributed by atoms with Crippen molar-refractivity contribution in [2.24, 2.45) is 0 Å². The fourth-order valence-corrected chi connectivity index (χ4v) is 2.57. The first-order valence-corrected chi connectivity index (χ1v) is 7.03. The Morgan fingerprint density at radius 2 is 1.29 bits per heavy atom. The number of fused-ring (bicyclic) bond motifs is 3. The van der Waals surface area contributed by atoms with Crippen LogP contribution in [0.5, 0.6) is 11.5 Å². The number of benzene rings is 3. The first-order valence-electron chi connectivity index (χ1n) is 7.03. The van der Waals surface area contributed by atoms with E-state index in [2.05, 4.69) is 0 Å². The van der Waals surface area contributed by atoms with E-state index in [9.17, 15) is 17.6 Å². The highest BCUT2D eigenvalue weighted by atomic mass is 19.2. The summed E-state index contributed by atoms with van der Waals surface area (Å²) >= 11 is 0. The molecule has 6 heteroatoms. The number of hydrogen-bond acceptors (Lipinski definition) is 2. The minimum Gasteiger partial charge on any atom is -0.494 e. The fraction of sp³-hybridized carbons (Fsp3) is 0.111. The molecule has 0 radical (unpaired) electrons. The Balaban J connectivity index is 2.43. The Bertz CT molecular complexity index is 980. The maximum absolute atomic E-state index is 14.5. The smallest absolute Gasteiger partial charge is 0.201 e. The summed E-state index contributed by atoms with van der Waals surface area (Å²) in [5, 5.41) is -0.320. The van der Waals surface area contributed by atoms with E-state index in [4.69, 9.17) is 9.47 Å². The molecular weight excluding hydrogens is 324 g/mol. The molecule has 0 bridgehead atoms. The van der Waals surface area contributed by atoms with Gasteiger partial charge >= 0.3 is 0 Å². The van der Waals surface area contributed by atoms with Crippen LogP contribution < -0.4 is 9.47 Å². The summed E-state index contributed by atoms with van der Waals surface area (Å²) in [7, 11) is 1.19. The van der Waals surface area contributed by atoms with Gasteiger partial charge in [0.15, 0.2) is 23.1 Å². The van der Waals surface area contributed by atoms with Gasteiger partial charge in [0.2, 0.25) is 11.6 Å². The average molecular weight is 336 g/mol. The van der Waals surface area contributed by atoms with Gasteiger partial charge in [-0.1, -0.05) is 18.2 Å². The maximum Gasteiger partial charge on any atom is 0.201 e. The molecule has 3 aromatic carbocycles. The Hall–Kier alpha value is -2.76. The molecule has 0 N–H and O–H groups in total. The molecule has 124 valence electrons. The first-order chi connectivity index (χ1) is 11.5. The third kappa shape index (κ3) is 2.35. The van der Waals surface area contributed by atoms with E-state index < -0.39 is 23.3 Å². The highest BCUT2D eigenvalue weighted by Crippen LogP contribution is 2.37. The summed E-state index contributed by atoms with van der Waals surface area (Å²) in [5.74, 6) is -5.79. The van der Waals surface area contributed by atoms with Crippen LogP contribution in [0.3, 0.4) is 0 Å². The van der Waals surface area contributed by atoms with E-state index in [0.717, 1.165) is 0 Å². The molecule has 3 rings (SSSR count). The Labute approximate surface area is 134 Å². The summed E-state index contributed by atoms with van der Waals surface area (Å²) in [6.07, 6.45) is 2.69. The summed E-state index contributed by atoms with van der Waals surface area (Å²) in [6.45, 7) is 1.65. The van der Waals surface area contributed by atoms with Gasteiger partial charge in [0, 0.05) is 10.8 Å². The molecule has 0 heterocycles. The fourth-order valence-electron chi connectivity index (χ4n) is 2.57. The van der Waals surface area contributed by atoms with Gasteiger partial charge in [0.05, 0.1) is 13.4 Å². The minimum atomic E-state index is -1.30. The largest absolute Gasteiger partial charge is 0.494 e. The van der Waals surface area contributed by atoms with Crippen LogP contribution in [0.25, 0.3) is 21.5 Å². The second-order valence-electron chi connectivity index (χ2n) is 5.06. The predicted octanol–water partition coefficient (Wildman–Crippen LogP) is 5.47. The van der Waals surface area contributed by atoms with E-state index in [0.29, 0.717) is 0 Å². The van der Waals surface area contributed by atoms with Gasteiger partial charge in [-0.25, -0.2) is 8.78 Å². The lowest BCUT2D eigenvalue weighted by Crippen LogP contribution is -1.98. The standard InChI is InChI=1S/C18H12F4O2/c1-3-6-24-12-8-10-5-4-9-7-11(23-2)15(19)17(21)13(9)14(10)18(22)16(12)20/h3-8H,1-2H3. The zero-order valence-corrected chi connectivity index (χ0v) is 12.8. The van der Waals surface area contributed by atoms with Gasteiger partial charge in [-0.05, 0) is 29.8 Å². The van der Waals surface area contributed by atoms with Crippen LogP contribution in [0.1, 0.15) is 6.92 Å². The molecule has 0 unspecified atom stereocenters. The Kier molecular flexibility index (Phi) is 4.05. The summed E-state index contributed by atoms with van der Waals surface area (Å²) in [5.41, 5.74) is 0. The number of halogens is 4. The molecule has 0 atom stereocenters. The molecule has 0 amide bonds. The third-order valence-electron chi connectivity index (χ3n) is 3.65. The Morgan fingerprint density at radius 3 is 1.79 bits per heavy atom. The van der Waals surface area contributed by atoms with Gasteiger partial charge in [0.1, 0.15) is 0 Å². The van der Waals surface area contributed by atoms with Crippen LogP contribution in [0.2, 0.25) is 0 Å². The second kappa shape index (κ2) is 6.03. The van der Waals surface area contributed by atoms with Gasteiger partial charge in [0.25, 0.3) is 0 Å². The third-order valence-corrected chi connectivity index (χ3v) is 3.65. The van der Waals surface area contributed by atoms with Crippen molar-refractivity contribution in [1.82, 2.24) is 0 Å². The number of ether oxygens (including phenoxy) is 2. The second-order valence-corrected chi connectivity index (χ2v) is 5.06. The molecule has 0 aliphatic rings. The molecule has 0 aliphatic heterocycles. The first kappa shape index (κ1) is 16.1. The van der Waals surface area contributed by atoms with Gasteiger partial charge in [-0.15, -0.1) is 0 Å². The van der Waals surface area contributed by atoms with Crippen LogP contribution in [-0.4, -0.2) is 7.11 Å². The molecule has 0 spiro atoms. The van der Waals surface area contributed by atoms with Crippen molar-refractivity contribution in [3.05, 3.63) is 59.9 Å². The van der Waals surface area contributed by atoms with Crippen LogP contribution in [-0.2, 0) is 0 Å². The topological polar surface area (TPSA) is 18.5 Å². The van der Waals surface area contributed by atoms with E-state index in [1.54, 1.807) is 6.92 Å². The molecule has 24 heavy (non-hydrogen) atoms. The summed E-state index contributed by atoms with van der Waals surface area (Å²) < 4.78 is 66.8. The normalized spacial score (nSPS) is 11.6. The number of rotatable bonds is 3. The number of methoxy groups -OCH3 is 1. The number of hydrogen-bond donors (Lipinski definition) is 0. The lowest BCUT2D eigenvalue weighted by Gasteiger charge is -2.12. The minimum absolute atomic E-state index is 0.185. The maximum atomic E-state index is 14.5. The molecule has 2 nitrogen and oxygen atoms in total. The predicted molar refractivity (Wildman–Crippen MR) is 83.3 cm³/mol. The molecule has 3 aromatic rings. The molecular formula is C18H12F4O2. The highest BCUT2D eigenvalue weighted by Gasteiger charge is 2.21. The lowest BCUT2D eigenvalue weighted by atomic mass is 10.00. The van der Waals surface area contributed by atoms with Gasteiger partial charge in [-0.2, -0.15) is 8.78 Å². The van der Waals surface area contributed by atoms with Crippen molar-refractivity contribution in [3.63, 3.8) is 0 Å². The average Bonchev–Trinajstić information content (AvgIpc) is 2.59. The van der Waals surface area contributed by atoms with Gasteiger partial charge in [-0.3, -0.25) is 0 Å². The van der Waals surface area contributed by atoms with E-state index >= 15 is 0 Å². The molecule has 0 fully saturated rings. The van der Waals surface area contributed by atoms with E-state index in [1.165, 1.54) is 43.7 Å². The molecule has 0 aliphatic carbocycles. The highest BCUT2D eigenvalue weighted by molar-refractivity contribution is 6.09. The van der Waals surface area contributed by atoms with Crippen molar-refractivity contribution in [1.29, 1.82) is 0 Å². The van der Waals surface area contributed by atoms with Crippen LogP contribution in [0.4, 0.5) is 17.6 Å². The lowest BCUT2D eigenvalue weighted by molar-refractivity contribution is 0.374. The van der Waals surface area contributed by atoms with Crippen molar-refractivity contribution < 1.29 is 27.0 Å². The molecule has 0 saturated carbocycles. The quantitative estimate of drug-likeness (QED) is 0.359. The summed E-state index contributed by atoms with van der Waals surface area (Å²) in [6, 6.07) is 5.41. The molecule has 0 aromatic heterocycles. The zero-order chi connectivity index (χ0) is 17.4. The van der Waals surface area contributed by atoms with Crippen molar-refractivity contribution >= 4 is 21.5 Å². The monoisotopic (exact) mass is 336 g/mol. The van der Waals surface area contributed by atoms with Crippen molar-refractivity contribution in [2.45, 2.75) is 6.92 Å². The van der Waals surface area contributed by atoms with Crippen LogP contribution in [0, 0.1) is 23.3 Å². The summed E-state index contributed by atoms with van der Waals surface area (Å²) in [4.78, 5) is 0. The van der Waals surface area contributed by atoms with Crippen molar-refractivity contribution in [3.8, 4) is 11.5 Å².